The third kappa shape index (κ3) is 3.43. The fourth-order valence-corrected chi connectivity index (χ4v) is 1.47. The molecule has 0 aliphatic heterocycles. The second kappa shape index (κ2) is 5.07. The van der Waals surface area contributed by atoms with E-state index >= 15 is 0 Å². The Morgan fingerprint density at radius 1 is 1.57 bits per heavy atom. The summed E-state index contributed by atoms with van der Waals surface area (Å²) in [6, 6.07) is 0. The molecule has 1 heterocycles. The molecule has 6 heteroatoms. The van der Waals surface area contributed by atoms with Crippen LogP contribution in [0.4, 0.5) is 0 Å². The van der Waals surface area contributed by atoms with Crippen molar-refractivity contribution < 1.29 is 4.79 Å². The molecule has 0 saturated carbocycles. The third-order valence-electron chi connectivity index (χ3n) is 1.37. The average molecular weight is 232 g/mol. The monoisotopic (exact) mass is 231 g/mol. The zero-order chi connectivity index (χ0) is 10.6. The quantitative estimate of drug-likeness (QED) is 0.809. The molecule has 0 aliphatic carbocycles. The van der Waals surface area contributed by atoms with Gasteiger partial charge in [0.05, 0.1) is 0 Å². The van der Waals surface area contributed by atoms with Crippen molar-refractivity contribution in [2.75, 3.05) is 6.54 Å². The van der Waals surface area contributed by atoms with E-state index in [9.17, 15) is 4.79 Å². The van der Waals surface area contributed by atoms with E-state index in [0.717, 1.165) is 16.9 Å². The minimum Gasteiger partial charge on any atom is -0.346 e. The maximum atomic E-state index is 11.3. The summed E-state index contributed by atoms with van der Waals surface area (Å²) < 4.78 is 0.275. The van der Waals surface area contributed by atoms with Gasteiger partial charge in [-0.25, -0.2) is 0 Å². The Hall–Kier alpha value is -0.940. The summed E-state index contributed by atoms with van der Waals surface area (Å²) in [4.78, 5) is 11.3. The molecule has 1 rings (SSSR count). The first-order valence-corrected chi connectivity index (χ1v) is 5.19. The van der Waals surface area contributed by atoms with Gasteiger partial charge in [-0.15, -0.1) is 10.2 Å². The fraction of sp³-hybridized carbons (Fsp3) is 0.375. The van der Waals surface area contributed by atoms with Crippen LogP contribution in [0.25, 0.3) is 0 Å². The molecule has 1 N–H and O–H groups in total. The Kier molecular flexibility index (Phi) is 4.03. The summed E-state index contributed by atoms with van der Waals surface area (Å²) >= 11 is 6.61. The third-order valence-corrected chi connectivity index (χ3v) is 2.39. The van der Waals surface area contributed by atoms with E-state index < -0.39 is 0 Å². The zero-order valence-corrected chi connectivity index (χ0v) is 9.45. The summed E-state index contributed by atoms with van der Waals surface area (Å²) in [6.45, 7) is 4.43. The van der Waals surface area contributed by atoms with Gasteiger partial charge >= 0.3 is 0 Å². The van der Waals surface area contributed by atoms with E-state index in [2.05, 4.69) is 15.5 Å². The second-order valence-corrected chi connectivity index (χ2v) is 4.41. The second-order valence-electron chi connectivity index (χ2n) is 2.85. The summed E-state index contributed by atoms with van der Waals surface area (Å²) in [5.74, 6) is -0.244. The molecule has 1 aromatic rings. The van der Waals surface area contributed by atoms with Crippen molar-refractivity contribution in [3.05, 3.63) is 21.1 Å². The predicted molar refractivity (Wildman–Crippen MR) is 56.7 cm³/mol. The van der Waals surface area contributed by atoms with Gasteiger partial charge in [-0.05, 0) is 25.4 Å². The highest BCUT2D eigenvalue weighted by atomic mass is 35.5. The lowest BCUT2D eigenvalue weighted by atomic mass is 10.3. The van der Waals surface area contributed by atoms with E-state index in [1.165, 1.54) is 0 Å². The van der Waals surface area contributed by atoms with Gasteiger partial charge in [-0.2, -0.15) is 0 Å². The zero-order valence-electron chi connectivity index (χ0n) is 7.87. The van der Waals surface area contributed by atoms with Crippen LogP contribution >= 0.6 is 22.9 Å². The number of carbonyl (C=O) groups is 1. The van der Waals surface area contributed by atoms with Gasteiger partial charge in [-0.3, -0.25) is 4.79 Å². The van der Waals surface area contributed by atoms with Crippen LogP contribution in [0.15, 0.2) is 11.6 Å². The first-order chi connectivity index (χ1) is 6.59. The van der Waals surface area contributed by atoms with Gasteiger partial charge in [0.15, 0.2) is 0 Å². The molecular formula is C8H10ClN3OS. The number of aromatic nitrogens is 2. The normalized spacial score (nSPS) is 9.64. The van der Waals surface area contributed by atoms with Crippen LogP contribution in [0.5, 0.6) is 0 Å². The predicted octanol–water partition coefficient (Wildman–Crippen LogP) is 1.89. The number of carbonyl (C=O) groups excluding carboxylic acids is 1. The van der Waals surface area contributed by atoms with Crippen LogP contribution in [0.1, 0.15) is 23.6 Å². The van der Waals surface area contributed by atoms with Crippen molar-refractivity contribution in [3.8, 4) is 0 Å². The lowest BCUT2D eigenvalue weighted by Gasteiger charge is -1.97. The maximum absolute atomic E-state index is 11.3. The number of amides is 1. The molecule has 14 heavy (non-hydrogen) atoms. The van der Waals surface area contributed by atoms with Crippen LogP contribution in [0, 0.1) is 0 Å². The van der Waals surface area contributed by atoms with Crippen LogP contribution in [-0.4, -0.2) is 22.6 Å². The van der Waals surface area contributed by atoms with Crippen LogP contribution in [0.2, 0.25) is 4.47 Å². The number of hydrogen-bond donors (Lipinski definition) is 1. The minimum atomic E-state index is -0.244. The molecule has 0 radical (unpaired) electrons. The minimum absolute atomic E-state index is 0.244. The highest BCUT2D eigenvalue weighted by Crippen LogP contribution is 2.14. The number of rotatable bonds is 3. The largest absolute Gasteiger partial charge is 0.346 e. The first kappa shape index (κ1) is 11.1. The summed E-state index contributed by atoms with van der Waals surface area (Å²) in [6.07, 6.45) is 1.92. The highest BCUT2D eigenvalue weighted by Gasteiger charge is 2.09. The van der Waals surface area contributed by atoms with E-state index in [-0.39, 0.29) is 15.4 Å². The number of nitrogens with one attached hydrogen (secondary N) is 1. The molecule has 0 fully saturated rings. The van der Waals surface area contributed by atoms with Crippen LogP contribution < -0.4 is 5.32 Å². The van der Waals surface area contributed by atoms with Crippen molar-refractivity contribution in [3.63, 3.8) is 0 Å². The summed E-state index contributed by atoms with van der Waals surface area (Å²) in [7, 11) is 0. The van der Waals surface area contributed by atoms with Gasteiger partial charge in [-0.1, -0.05) is 23.0 Å². The Bertz CT molecular complexity index is 357. The Morgan fingerprint density at radius 2 is 2.29 bits per heavy atom. The fourth-order valence-electron chi connectivity index (χ4n) is 0.721. The summed E-state index contributed by atoms with van der Waals surface area (Å²) in [5, 5.41) is 10.1. The van der Waals surface area contributed by atoms with E-state index in [1.54, 1.807) is 0 Å². The van der Waals surface area contributed by atoms with E-state index in [1.807, 2.05) is 19.9 Å². The van der Waals surface area contributed by atoms with E-state index in [0.29, 0.717) is 6.54 Å². The van der Waals surface area contributed by atoms with Gasteiger partial charge in [0, 0.05) is 6.54 Å². The van der Waals surface area contributed by atoms with Crippen molar-refractivity contribution in [2.45, 2.75) is 13.8 Å². The number of nitrogens with zero attached hydrogens (tertiary/aromatic N) is 2. The summed E-state index contributed by atoms with van der Waals surface area (Å²) in [5.41, 5.74) is 1.15. The van der Waals surface area contributed by atoms with Crippen LogP contribution in [-0.2, 0) is 0 Å². The molecular weight excluding hydrogens is 222 g/mol. The molecule has 0 aliphatic rings. The van der Waals surface area contributed by atoms with Gasteiger partial charge < -0.3 is 5.32 Å². The molecule has 76 valence electrons. The number of hydrogen-bond acceptors (Lipinski definition) is 4. The van der Waals surface area contributed by atoms with Gasteiger partial charge in [0.1, 0.15) is 0 Å². The lowest BCUT2D eigenvalue weighted by Crippen LogP contribution is -2.23. The number of halogens is 1. The maximum Gasteiger partial charge on any atom is 0.282 e. The molecule has 0 spiro atoms. The van der Waals surface area contributed by atoms with Crippen molar-refractivity contribution in [1.29, 1.82) is 0 Å². The van der Waals surface area contributed by atoms with Gasteiger partial charge in [0.2, 0.25) is 9.47 Å². The Labute approximate surface area is 91.0 Å². The van der Waals surface area contributed by atoms with Gasteiger partial charge in [0.25, 0.3) is 5.91 Å². The standard InChI is InChI=1S/C8H10ClN3OS/c1-5(2)3-4-10-6(13)7-11-12-8(9)14-7/h3H,4H2,1-2H3,(H,10,13). The molecule has 1 aromatic heterocycles. The molecule has 0 saturated heterocycles. The van der Waals surface area contributed by atoms with E-state index in [4.69, 9.17) is 11.6 Å². The molecule has 1 amide bonds. The first-order valence-electron chi connectivity index (χ1n) is 4.00. The van der Waals surface area contributed by atoms with Crippen LogP contribution in [0.3, 0.4) is 0 Å². The average Bonchev–Trinajstić information content (AvgIpc) is 2.51. The smallest absolute Gasteiger partial charge is 0.282 e. The SMILES string of the molecule is CC(C)=CCNC(=O)c1nnc(Cl)s1. The van der Waals surface area contributed by atoms with Crippen molar-refractivity contribution in [1.82, 2.24) is 15.5 Å². The highest BCUT2D eigenvalue weighted by molar-refractivity contribution is 7.17. The topological polar surface area (TPSA) is 54.9 Å². The number of allylic oxidation sites excluding steroid dienone is 1. The Balaban J connectivity index is 2.47. The lowest BCUT2D eigenvalue weighted by molar-refractivity contribution is 0.0957. The van der Waals surface area contributed by atoms with Crippen molar-refractivity contribution in [2.24, 2.45) is 0 Å². The Morgan fingerprint density at radius 3 is 2.79 bits per heavy atom. The molecule has 0 aromatic carbocycles. The molecule has 0 atom stereocenters. The molecule has 0 bridgehead atoms. The van der Waals surface area contributed by atoms with Crippen molar-refractivity contribution >= 4 is 28.8 Å². The molecule has 0 unspecified atom stereocenters. The molecule has 4 nitrogen and oxygen atoms in total.